The molecule has 3 N–H and O–H groups in total. The topological polar surface area (TPSA) is 104 Å². The fourth-order valence-corrected chi connectivity index (χ4v) is 3.26. The lowest BCUT2D eigenvalue weighted by atomic mass is 10.2. The van der Waals surface area contributed by atoms with Gasteiger partial charge in [-0.15, -0.1) is 0 Å². The number of aromatic hydroxyl groups is 2. The molecule has 0 aromatic heterocycles. The second-order valence-electron chi connectivity index (χ2n) is 7.85. The van der Waals surface area contributed by atoms with Gasteiger partial charge in [-0.25, -0.2) is 0 Å². The van der Waals surface area contributed by atoms with Crippen LogP contribution in [0, 0.1) is 0 Å². The highest BCUT2D eigenvalue weighted by atomic mass is 16.5. The number of rotatable bonds is 10. The minimum atomic E-state index is -0.907. The fraction of sp³-hybridized carbons (Fsp3) is 0.103. The molecule has 0 unspecified atom stereocenters. The predicted octanol–water partition coefficient (Wildman–Crippen LogP) is 5.42. The number of hydrogen-bond donors (Lipinski definition) is 3. The van der Waals surface area contributed by atoms with Crippen LogP contribution in [0.3, 0.4) is 0 Å². The SMILES string of the molecule is Oc1ccccc1C=Nc1ccccc1OCC(O)COc1ccccc1N=Cc1ccccc1O. The van der Waals surface area contributed by atoms with Gasteiger partial charge in [-0.2, -0.15) is 0 Å². The molecule has 0 bridgehead atoms. The first-order chi connectivity index (χ1) is 17.6. The van der Waals surface area contributed by atoms with Gasteiger partial charge in [0.05, 0.1) is 0 Å². The van der Waals surface area contributed by atoms with E-state index < -0.39 is 6.10 Å². The largest absolute Gasteiger partial charge is 0.507 e. The third-order valence-corrected chi connectivity index (χ3v) is 5.15. The number of hydrogen-bond acceptors (Lipinski definition) is 7. The second-order valence-corrected chi connectivity index (χ2v) is 7.85. The van der Waals surface area contributed by atoms with Crippen LogP contribution in [-0.4, -0.2) is 47.1 Å². The van der Waals surface area contributed by atoms with E-state index in [1.165, 1.54) is 0 Å². The summed E-state index contributed by atoms with van der Waals surface area (Å²) in [5, 5.41) is 30.3. The summed E-state index contributed by atoms with van der Waals surface area (Å²) in [5.41, 5.74) is 2.31. The molecule has 4 aromatic carbocycles. The Bertz CT molecular complexity index is 1250. The summed E-state index contributed by atoms with van der Waals surface area (Å²) in [6.45, 7) is -0.0150. The Balaban J connectivity index is 1.35. The second kappa shape index (κ2) is 12.2. The van der Waals surface area contributed by atoms with Crippen molar-refractivity contribution in [3.63, 3.8) is 0 Å². The third kappa shape index (κ3) is 6.71. The average Bonchev–Trinajstić information content (AvgIpc) is 2.91. The van der Waals surface area contributed by atoms with E-state index in [1.54, 1.807) is 73.1 Å². The van der Waals surface area contributed by atoms with Crippen LogP contribution in [0.1, 0.15) is 11.1 Å². The number of benzene rings is 4. The molecule has 182 valence electrons. The van der Waals surface area contributed by atoms with E-state index in [9.17, 15) is 15.3 Å². The minimum Gasteiger partial charge on any atom is -0.507 e. The summed E-state index contributed by atoms with van der Waals surface area (Å²) in [6, 6.07) is 28.2. The highest BCUT2D eigenvalue weighted by molar-refractivity contribution is 5.86. The molecule has 0 aliphatic heterocycles. The Morgan fingerprint density at radius 1 is 0.583 bits per heavy atom. The molecule has 0 amide bonds. The van der Waals surface area contributed by atoms with Crippen molar-refractivity contribution in [2.24, 2.45) is 9.98 Å². The van der Waals surface area contributed by atoms with Crippen LogP contribution in [0.15, 0.2) is 107 Å². The fourth-order valence-electron chi connectivity index (χ4n) is 3.26. The Morgan fingerprint density at radius 3 is 1.42 bits per heavy atom. The highest BCUT2D eigenvalue weighted by Gasteiger charge is 2.11. The van der Waals surface area contributed by atoms with Crippen molar-refractivity contribution in [2.45, 2.75) is 6.10 Å². The molecule has 7 heteroatoms. The van der Waals surface area contributed by atoms with Crippen LogP contribution in [0.25, 0.3) is 0 Å². The first-order valence-corrected chi connectivity index (χ1v) is 11.4. The number of phenols is 2. The molecule has 0 spiro atoms. The Kier molecular flexibility index (Phi) is 8.30. The van der Waals surface area contributed by atoms with Crippen LogP contribution in [-0.2, 0) is 0 Å². The lowest BCUT2D eigenvalue weighted by molar-refractivity contribution is 0.0631. The van der Waals surface area contributed by atoms with E-state index in [0.717, 1.165) is 0 Å². The molecular weight excluding hydrogens is 456 g/mol. The number of ether oxygens (including phenoxy) is 2. The first-order valence-electron chi connectivity index (χ1n) is 11.4. The van der Waals surface area contributed by atoms with Crippen LogP contribution < -0.4 is 9.47 Å². The number of phenolic OH excluding ortho intramolecular Hbond substituents is 2. The maximum Gasteiger partial charge on any atom is 0.145 e. The molecule has 4 aromatic rings. The zero-order chi connectivity index (χ0) is 25.2. The molecule has 0 saturated heterocycles. The van der Waals surface area contributed by atoms with E-state index in [2.05, 4.69) is 9.98 Å². The van der Waals surface area contributed by atoms with E-state index in [4.69, 9.17) is 9.47 Å². The number of para-hydroxylation sites is 6. The molecular formula is C29H26N2O5. The van der Waals surface area contributed by atoms with Gasteiger partial charge in [0, 0.05) is 23.6 Å². The van der Waals surface area contributed by atoms with Crippen LogP contribution in [0.5, 0.6) is 23.0 Å². The van der Waals surface area contributed by atoms with E-state index in [1.807, 2.05) is 36.4 Å². The minimum absolute atomic E-state index is 0.00750. The summed E-state index contributed by atoms with van der Waals surface area (Å²) in [6.07, 6.45) is 2.21. The van der Waals surface area contributed by atoms with Gasteiger partial charge >= 0.3 is 0 Å². The molecule has 4 rings (SSSR count). The molecule has 0 atom stereocenters. The lowest BCUT2D eigenvalue weighted by Gasteiger charge is -2.15. The Labute approximate surface area is 209 Å². The highest BCUT2D eigenvalue weighted by Crippen LogP contribution is 2.29. The van der Waals surface area contributed by atoms with Gasteiger partial charge < -0.3 is 24.8 Å². The smallest absolute Gasteiger partial charge is 0.145 e. The van der Waals surface area contributed by atoms with Crippen LogP contribution >= 0.6 is 0 Å². The number of aliphatic hydroxyl groups excluding tert-OH is 1. The Morgan fingerprint density at radius 2 is 0.972 bits per heavy atom. The maximum absolute atomic E-state index is 10.4. The van der Waals surface area contributed by atoms with Gasteiger partial charge in [0.25, 0.3) is 0 Å². The van der Waals surface area contributed by atoms with Crippen LogP contribution in [0.4, 0.5) is 11.4 Å². The van der Waals surface area contributed by atoms with Crippen molar-refractivity contribution >= 4 is 23.8 Å². The summed E-state index contributed by atoms with van der Waals surface area (Å²) in [5.74, 6) is 1.27. The van der Waals surface area contributed by atoms with Crippen molar-refractivity contribution in [1.82, 2.24) is 0 Å². The van der Waals surface area contributed by atoms with Gasteiger partial charge in [-0.1, -0.05) is 48.5 Å². The van der Waals surface area contributed by atoms with Gasteiger partial charge in [0.15, 0.2) is 0 Å². The quantitative estimate of drug-likeness (QED) is 0.262. The van der Waals surface area contributed by atoms with Crippen molar-refractivity contribution in [3.05, 3.63) is 108 Å². The van der Waals surface area contributed by atoms with Gasteiger partial charge in [-0.3, -0.25) is 9.98 Å². The molecule has 0 heterocycles. The van der Waals surface area contributed by atoms with Crippen molar-refractivity contribution in [2.75, 3.05) is 13.2 Å². The van der Waals surface area contributed by atoms with Crippen molar-refractivity contribution in [3.8, 4) is 23.0 Å². The summed E-state index contributed by atoms with van der Waals surface area (Å²) in [4.78, 5) is 8.83. The predicted molar refractivity (Wildman–Crippen MR) is 141 cm³/mol. The summed E-state index contributed by atoms with van der Waals surface area (Å²) >= 11 is 0. The monoisotopic (exact) mass is 482 g/mol. The lowest BCUT2D eigenvalue weighted by Crippen LogP contribution is -2.25. The molecule has 0 saturated carbocycles. The summed E-state index contributed by atoms with van der Waals surface area (Å²) < 4.78 is 11.6. The normalized spacial score (nSPS) is 12.1. The van der Waals surface area contributed by atoms with E-state index >= 15 is 0 Å². The molecule has 36 heavy (non-hydrogen) atoms. The molecule has 0 aliphatic carbocycles. The van der Waals surface area contributed by atoms with E-state index in [0.29, 0.717) is 34.0 Å². The molecule has 0 aliphatic rings. The molecule has 0 radical (unpaired) electrons. The van der Waals surface area contributed by atoms with Crippen LogP contribution in [0.2, 0.25) is 0 Å². The number of aliphatic hydroxyl groups is 1. The maximum atomic E-state index is 10.4. The van der Waals surface area contributed by atoms with Gasteiger partial charge in [0.2, 0.25) is 0 Å². The number of nitrogens with zero attached hydrogens (tertiary/aromatic N) is 2. The van der Waals surface area contributed by atoms with Crippen molar-refractivity contribution in [1.29, 1.82) is 0 Å². The zero-order valence-corrected chi connectivity index (χ0v) is 19.4. The average molecular weight is 483 g/mol. The Hall–Kier alpha value is -4.62. The number of aliphatic imine (C=N–C) groups is 2. The standard InChI is InChI=1S/C29H26N2O5/c32-23(19-35-28-15-7-3-11-24(28)30-17-21-9-1-5-13-26(21)33)20-36-29-16-8-4-12-25(29)31-18-22-10-2-6-14-27(22)34/h1-18,23,32-34H,19-20H2. The summed E-state index contributed by atoms with van der Waals surface area (Å²) in [7, 11) is 0. The third-order valence-electron chi connectivity index (χ3n) is 5.15. The van der Waals surface area contributed by atoms with Gasteiger partial charge in [0.1, 0.15) is 53.7 Å². The molecule has 0 fully saturated rings. The first kappa shape index (κ1) is 24.5. The zero-order valence-electron chi connectivity index (χ0n) is 19.4. The van der Waals surface area contributed by atoms with Gasteiger partial charge in [-0.05, 0) is 48.5 Å². The molecule has 7 nitrogen and oxygen atoms in total. The van der Waals surface area contributed by atoms with Crippen molar-refractivity contribution < 1.29 is 24.8 Å². The van der Waals surface area contributed by atoms with E-state index in [-0.39, 0.29) is 24.7 Å².